The van der Waals surface area contributed by atoms with Crippen LogP contribution in [0.2, 0.25) is 5.15 Å². The second-order valence-corrected chi connectivity index (χ2v) is 5.44. The fourth-order valence-corrected chi connectivity index (χ4v) is 2.49. The first-order valence-electron chi connectivity index (χ1n) is 5.39. The molecule has 1 atom stereocenters. The lowest BCUT2D eigenvalue weighted by molar-refractivity contribution is 0.289. The van der Waals surface area contributed by atoms with Crippen LogP contribution in [0.25, 0.3) is 0 Å². The summed E-state index contributed by atoms with van der Waals surface area (Å²) in [5.41, 5.74) is 0.925. The minimum atomic E-state index is 0.201. The molecule has 5 heteroatoms. The number of rotatable bonds is 5. The zero-order valence-corrected chi connectivity index (χ0v) is 11.4. The second-order valence-electron chi connectivity index (χ2n) is 3.66. The minimum Gasteiger partial charge on any atom is -0.396 e. The first-order valence-corrected chi connectivity index (χ1v) is 6.64. The summed E-state index contributed by atoms with van der Waals surface area (Å²) in [6.07, 6.45) is 1.54. The molecule has 0 aliphatic heterocycles. The summed E-state index contributed by atoms with van der Waals surface area (Å²) < 4.78 is 0. The van der Waals surface area contributed by atoms with Crippen LogP contribution in [0.1, 0.15) is 31.7 Å². The number of halogens is 1. The van der Waals surface area contributed by atoms with Crippen molar-refractivity contribution in [1.29, 1.82) is 0 Å². The summed E-state index contributed by atoms with van der Waals surface area (Å²) in [5.74, 6) is 0.772. The van der Waals surface area contributed by atoms with Gasteiger partial charge in [0.05, 0.1) is 0 Å². The third kappa shape index (κ3) is 3.61. The van der Waals surface area contributed by atoms with Crippen LogP contribution >= 0.6 is 23.4 Å². The summed E-state index contributed by atoms with van der Waals surface area (Å²) >= 11 is 7.69. The van der Waals surface area contributed by atoms with Gasteiger partial charge in [-0.2, -0.15) is 0 Å². The highest BCUT2D eigenvalue weighted by atomic mass is 35.5. The number of aromatic nitrogens is 2. The Morgan fingerprint density at radius 2 is 2.12 bits per heavy atom. The fourth-order valence-electron chi connectivity index (χ4n) is 1.22. The van der Waals surface area contributed by atoms with Crippen molar-refractivity contribution in [2.45, 2.75) is 43.9 Å². The lowest BCUT2D eigenvalue weighted by Crippen LogP contribution is -2.04. The van der Waals surface area contributed by atoms with E-state index in [0.29, 0.717) is 10.4 Å². The van der Waals surface area contributed by atoms with Crippen LogP contribution in [0.15, 0.2) is 5.03 Å². The topological polar surface area (TPSA) is 46.0 Å². The van der Waals surface area contributed by atoms with Gasteiger partial charge < -0.3 is 5.11 Å². The molecule has 1 heterocycles. The average Bonchev–Trinajstić information content (AvgIpc) is 2.24. The molecular weight excluding hydrogens is 244 g/mol. The van der Waals surface area contributed by atoms with Crippen LogP contribution in [0.3, 0.4) is 0 Å². The summed E-state index contributed by atoms with van der Waals surface area (Å²) in [7, 11) is 0. The lowest BCUT2D eigenvalue weighted by Gasteiger charge is -2.12. The summed E-state index contributed by atoms with van der Waals surface area (Å²) in [5, 5.41) is 10.7. The van der Waals surface area contributed by atoms with Crippen molar-refractivity contribution in [3.8, 4) is 0 Å². The Hall–Kier alpha value is -0.320. The Balaban J connectivity index is 2.89. The van der Waals surface area contributed by atoms with Crippen LogP contribution in [0, 0.1) is 6.92 Å². The highest BCUT2D eigenvalue weighted by Gasteiger charge is 2.12. The Morgan fingerprint density at radius 3 is 2.69 bits per heavy atom. The first kappa shape index (κ1) is 13.7. The number of hydrogen-bond donors (Lipinski definition) is 1. The van der Waals surface area contributed by atoms with Gasteiger partial charge in [0.25, 0.3) is 0 Å². The quantitative estimate of drug-likeness (QED) is 0.653. The van der Waals surface area contributed by atoms with Gasteiger partial charge in [0, 0.05) is 23.8 Å². The van der Waals surface area contributed by atoms with Crippen molar-refractivity contribution in [3.63, 3.8) is 0 Å². The molecule has 16 heavy (non-hydrogen) atoms. The van der Waals surface area contributed by atoms with Gasteiger partial charge >= 0.3 is 0 Å². The summed E-state index contributed by atoms with van der Waals surface area (Å²) in [4.78, 5) is 8.66. The Morgan fingerprint density at radius 1 is 1.44 bits per heavy atom. The minimum absolute atomic E-state index is 0.201. The van der Waals surface area contributed by atoms with Gasteiger partial charge in [-0.3, -0.25) is 0 Å². The Kier molecular flexibility index (Phi) is 5.52. The van der Waals surface area contributed by atoms with E-state index in [9.17, 15) is 0 Å². The number of aliphatic hydroxyl groups excluding tert-OH is 1. The van der Waals surface area contributed by atoms with E-state index in [4.69, 9.17) is 16.7 Å². The zero-order chi connectivity index (χ0) is 12.1. The number of aryl methyl sites for hydroxylation is 1. The lowest BCUT2D eigenvalue weighted by atomic mass is 10.3. The van der Waals surface area contributed by atoms with Crippen molar-refractivity contribution < 1.29 is 5.11 Å². The first-order chi connectivity index (χ1) is 7.58. The van der Waals surface area contributed by atoms with Crippen molar-refractivity contribution in [3.05, 3.63) is 16.5 Å². The molecule has 1 rings (SSSR count). The molecule has 1 unspecified atom stereocenters. The van der Waals surface area contributed by atoms with Gasteiger partial charge in [-0.15, -0.1) is 11.8 Å². The largest absolute Gasteiger partial charge is 0.396 e. The van der Waals surface area contributed by atoms with E-state index in [2.05, 4.69) is 16.9 Å². The third-order valence-electron chi connectivity index (χ3n) is 2.25. The van der Waals surface area contributed by atoms with Crippen LogP contribution in [-0.4, -0.2) is 26.9 Å². The van der Waals surface area contributed by atoms with E-state index in [-0.39, 0.29) is 6.61 Å². The van der Waals surface area contributed by atoms with E-state index >= 15 is 0 Å². The van der Waals surface area contributed by atoms with Gasteiger partial charge in [0.1, 0.15) is 16.0 Å². The van der Waals surface area contributed by atoms with Crippen LogP contribution in [0.4, 0.5) is 0 Å². The molecule has 0 aromatic carbocycles. The molecule has 3 nitrogen and oxygen atoms in total. The SMILES string of the molecule is CCc1nc(Cl)c(C)c(SC(C)CCO)n1. The molecule has 0 spiro atoms. The van der Waals surface area contributed by atoms with Gasteiger partial charge in [0.2, 0.25) is 0 Å². The molecule has 90 valence electrons. The standard InChI is InChI=1S/C11H17ClN2OS/c1-4-9-13-10(12)8(3)11(14-9)16-7(2)5-6-15/h7,15H,4-6H2,1-3H3. The Labute approximate surface area is 106 Å². The van der Waals surface area contributed by atoms with E-state index in [0.717, 1.165) is 29.3 Å². The molecule has 0 aliphatic carbocycles. The molecule has 0 saturated carbocycles. The van der Waals surface area contributed by atoms with E-state index in [1.54, 1.807) is 11.8 Å². The highest BCUT2D eigenvalue weighted by Crippen LogP contribution is 2.29. The van der Waals surface area contributed by atoms with Crippen LogP contribution < -0.4 is 0 Å². The van der Waals surface area contributed by atoms with Crippen molar-refractivity contribution in [2.75, 3.05) is 6.61 Å². The number of nitrogens with zero attached hydrogens (tertiary/aromatic N) is 2. The maximum absolute atomic E-state index is 8.87. The molecule has 0 bridgehead atoms. The maximum Gasteiger partial charge on any atom is 0.136 e. The molecule has 0 amide bonds. The molecule has 1 N–H and O–H groups in total. The smallest absolute Gasteiger partial charge is 0.136 e. The molecular formula is C11H17ClN2OS. The van der Waals surface area contributed by atoms with E-state index in [1.165, 1.54) is 0 Å². The van der Waals surface area contributed by atoms with Gasteiger partial charge in [0.15, 0.2) is 0 Å². The average molecular weight is 261 g/mol. The fraction of sp³-hybridized carbons (Fsp3) is 0.636. The van der Waals surface area contributed by atoms with E-state index in [1.807, 2.05) is 13.8 Å². The van der Waals surface area contributed by atoms with Crippen molar-refractivity contribution >= 4 is 23.4 Å². The van der Waals surface area contributed by atoms with Crippen molar-refractivity contribution in [1.82, 2.24) is 9.97 Å². The van der Waals surface area contributed by atoms with Gasteiger partial charge in [-0.1, -0.05) is 25.4 Å². The molecule has 0 saturated heterocycles. The number of thioether (sulfide) groups is 1. The molecule has 0 fully saturated rings. The van der Waals surface area contributed by atoms with Gasteiger partial charge in [-0.05, 0) is 13.3 Å². The Bertz CT molecular complexity index is 360. The van der Waals surface area contributed by atoms with Crippen LogP contribution in [-0.2, 0) is 6.42 Å². The molecule has 1 aromatic heterocycles. The molecule has 0 radical (unpaired) electrons. The summed E-state index contributed by atoms with van der Waals surface area (Å²) in [6, 6.07) is 0. The second kappa shape index (κ2) is 6.42. The molecule has 0 aliphatic rings. The predicted molar refractivity (Wildman–Crippen MR) is 68.2 cm³/mol. The van der Waals surface area contributed by atoms with Crippen molar-refractivity contribution in [2.24, 2.45) is 0 Å². The number of hydrogen-bond acceptors (Lipinski definition) is 4. The number of aliphatic hydroxyl groups is 1. The van der Waals surface area contributed by atoms with E-state index < -0.39 is 0 Å². The monoisotopic (exact) mass is 260 g/mol. The zero-order valence-electron chi connectivity index (χ0n) is 9.83. The van der Waals surface area contributed by atoms with Crippen LogP contribution in [0.5, 0.6) is 0 Å². The summed E-state index contributed by atoms with van der Waals surface area (Å²) in [6.45, 7) is 6.21. The molecule has 1 aromatic rings. The normalized spacial score (nSPS) is 12.8. The maximum atomic E-state index is 8.87. The third-order valence-corrected chi connectivity index (χ3v) is 3.88. The predicted octanol–water partition coefficient (Wildman–Crippen LogP) is 2.86. The van der Waals surface area contributed by atoms with Gasteiger partial charge in [-0.25, -0.2) is 9.97 Å². The highest BCUT2D eigenvalue weighted by molar-refractivity contribution is 7.99.